The Kier molecular flexibility index (Phi) is 31.5. The SMILES string of the molecule is C=CCNCCCCCCCCCCCCCCCCCCCC.CC#N. The highest BCUT2D eigenvalue weighted by atomic mass is 14.8. The van der Waals surface area contributed by atoms with Gasteiger partial charge in [0.1, 0.15) is 0 Å². The molecule has 0 rings (SSSR count). The third kappa shape index (κ3) is 33.2. The number of nitriles is 1. The summed E-state index contributed by atoms with van der Waals surface area (Å²) >= 11 is 0. The van der Waals surface area contributed by atoms with Crippen LogP contribution in [-0.4, -0.2) is 13.1 Å². The Bertz CT molecular complexity index is 293. The monoisotopic (exact) mass is 378 g/mol. The van der Waals surface area contributed by atoms with E-state index in [0.717, 1.165) is 13.1 Å². The molecule has 0 saturated heterocycles. The minimum absolute atomic E-state index is 0.957. The van der Waals surface area contributed by atoms with Gasteiger partial charge in [-0.25, -0.2) is 0 Å². The van der Waals surface area contributed by atoms with E-state index in [2.05, 4.69) is 18.8 Å². The number of hydrogen-bond acceptors (Lipinski definition) is 2. The van der Waals surface area contributed by atoms with Gasteiger partial charge in [0.25, 0.3) is 0 Å². The van der Waals surface area contributed by atoms with Crippen LogP contribution in [0.1, 0.15) is 129 Å². The first kappa shape index (κ1) is 28.4. The Morgan fingerprint density at radius 1 is 0.667 bits per heavy atom. The van der Waals surface area contributed by atoms with Gasteiger partial charge in [-0.2, -0.15) is 5.26 Å². The van der Waals surface area contributed by atoms with Crippen molar-refractivity contribution < 1.29 is 0 Å². The number of rotatable bonds is 21. The lowest BCUT2D eigenvalue weighted by Crippen LogP contribution is -2.14. The largest absolute Gasteiger partial charge is 0.313 e. The van der Waals surface area contributed by atoms with Crippen molar-refractivity contribution in [3.05, 3.63) is 12.7 Å². The van der Waals surface area contributed by atoms with Crippen LogP contribution in [-0.2, 0) is 0 Å². The summed E-state index contributed by atoms with van der Waals surface area (Å²) in [6.45, 7) is 9.56. The Labute approximate surface area is 172 Å². The van der Waals surface area contributed by atoms with Crippen molar-refractivity contribution in [3.8, 4) is 6.07 Å². The fraction of sp³-hybridized carbons (Fsp3) is 0.880. The smallest absolute Gasteiger partial charge is 0.0587 e. The maximum absolute atomic E-state index is 7.32. The van der Waals surface area contributed by atoms with E-state index in [1.807, 2.05) is 6.08 Å². The predicted octanol–water partition coefficient (Wildman–Crippen LogP) is 8.33. The highest BCUT2D eigenvalue weighted by Gasteiger charge is 1.95. The topological polar surface area (TPSA) is 35.8 Å². The van der Waals surface area contributed by atoms with Gasteiger partial charge in [-0.1, -0.05) is 122 Å². The number of unbranched alkanes of at least 4 members (excludes halogenated alkanes) is 17. The average molecular weight is 379 g/mol. The first-order chi connectivity index (χ1) is 13.3. The molecule has 0 bridgehead atoms. The molecule has 0 aliphatic heterocycles. The lowest BCUT2D eigenvalue weighted by Gasteiger charge is -2.04. The molecule has 0 fully saturated rings. The third-order valence-electron chi connectivity index (χ3n) is 5.00. The molecule has 0 radical (unpaired) electrons. The van der Waals surface area contributed by atoms with Crippen molar-refractivity contribution in [1.82, 2.24) is 5.32 Å². The summed E-state index contributed by atoms with van der Waals surface area (Å²) in [6, 6.07) is 1.75. The van der Waals surface area contributed by atoms with Gasteiger partial charge in [0, 0.05) is 13.5 Å². The zero-order valence-corrected chi connectivity index (χ0v) is 18.9. The first-order valence-electron chi connectivity index (χ1n) is 12.0. The van der Waals surface area contributed by atoms with Crippen molar-refractivity contribution in [3.63, 3.8) is 0 Å². The minimum Gasteiger partial charge on any atom is -0.313 e. The van der Waals surface area contributed by atoms with E-state index in [-0.39, 0.29) is 0 Å². The summed E-state index contributed by atoms with van der Waals surface area (Å²) in [7, 11) is 0. The minimum atomic E-state index is 0.957. The Morgan fingerprint density at radius 3 is 1.26 bits per heavy atom. The second-order valence-corrected chi connectivity index (χ2v) is 7.73. The Hall–Kier alpha value is -0.810. The lowest BCUT2D eigenvalue weighted by molar-refractivity contribution is 0.523. The van der Waals surface area contributed by atoms with E-state index in [0.29, 0.717) is 0 Å². The molecule has 0 aromatic carbocycles. The molecule has 0 aliphatic carbocycles. The van der Waals surface area contributed by atoms with E-state index in [9.17, 15) is 0 Å². The predicted molar refractivity (Wildman–Crippen MR) is 123 cm³/mol. The highest BCUT2D eigenvalue weighted by molar-refractivity contribution is 4.69. The molecule has 1 N–H and O–H groups in total. The van der Waals surface area contributed by atoms with Crippen molar-refractivity contribution in [2.45, 2.75) is 129 Å². The molecule has 2 heteroatoms. The molecule has 0 aromatic rings. The van der Waals surface area contributed by atoms with E-state index < -0.39 is 0 Å². The van der Waals surface area contributed by atoms with Gasteiger partial charge in [-0.05, 0) is 13.0 Å². The lowest BCUT2D eigenvalue weighted by atomic mass is 10.0. The van der Waals surface area contributed by atoms with Gasteiger partial charge in [0.15, 0.2) is 0 Å². The number of nitrogens with zero attached hydrogens (tertiary/aromatic N) is 1. The molecule has 160 valence electrons. The third-order valence-corrected chi connectivity index (χ3v) is 5.00. The molecular formula is C25H50N2. The molecule has 2 nitrogen and oxygen atoms in total. The maximum Gasteiger partial charge on any atom is 0.0587 e. The van der Waals surface area contributed by atoms with Crippen LogP contribution in [0.3, 0.4) is 0 Å². The van der Waals surface area contributed by atoms with Gasteiger partial charge >= 0.3 is 0 Å². The van der Waals surface area contributed by atoms with Crippen LogP contribution >= 0.6 is 0 Å². The zero-order chi connectivity index (χ0) is 20.3. The van der Waals surface area contributed by atoms with Gasteiger partial charge < -0.3 is 5.32 Å². The maximum atomic E-state index is 7.32. The Balaban J connectivity index is 0. The summed E-state index contributed by atoms with van der Waals surface area (Å²) in [5.74, 6) is 0. The van der Waals surface area contributed by atoms with Gasteiger partial charge in [0.05, 0.1) is 6.07 Å². The molecule has 0 aromatic heterocycles. The summed E-state index contributed by atoms with van der Waals surface area (Å²) < 4.78 is 0. The fourth-order valence-corrected chi connectivity index (χ4v) is 3.36. The summed E-state index contributed by atoms with van der Waals surface area (Å²) in [6.07, 6.45) is 28.0. The van der Waals surface area contributed by atoms with Crippen molar-refractivity contribution in [2.24, 2.45) is 0 Å². The van der Waals surface area contributed by atoms with E-state index in [1.165, 1.54) is 122 Å². The summed E-state index contributed by atoms with van der Waals surface area (Å²) in [5.41, 5.74) is 0. The van der Waals surface area contributed by atoms with E-state index in [4.69, 9.17) is 5.26 Å². The molecule has 0 amide bonds. The molecule has 0 unspecified atom stereocenters. The molecular weight excluding hydrogens is 328 g/mol. The molecule has 0 heterocycles. The zero-order valence-electron chi connectivity index (χ0n) is 18.9. The molecule has 0 spiro atoms. The fourth-order valence-electron chi connectivity index (χ4n) is 3.36. The van der Waals surface area contributed by atoms with Crippen LogP contribution in [0.2, 0.25) is 0 Å². The number of hydrogen-bond donors (Lipinski definition) is 1. The van der Waals surface area contributed by atoms with Crippen LogP contribution in [0.25, 0.3) is 0 Å². The first-order valence-corrected chi connectivity index (χ1v) is 12.0. The van der Waals surface area contributed by atoms with Crippen molar-refractivity contribution in [2.75, 3.05) is 13.1 Å². The van der Waals surface area contributed by atoms with Crippen LogP contribution in [0.4, 0.5) is 0 Å². The average Bonchev–Trinajstić information content (AvgIpc) is 2.67. The molecule has 27 heavy (non-hydrogen) atoms. The Morgan fingerprint density at radius 2 is 0.963 bits per heavy atom. The van der Waals surface area contributed by atoms with Crippen LogP contribution in [0.5, 0.6) is 0 Å². The van der Waals surface area contributed by atoms with Gasteiger partial charge in [0.2, 0.25) is 0 Å². The number of nitrogens with one attached hydrogen (secondary N) is 1. The van der Waals surface area contributed by atoms with Crippen molar-refractivity contribution in [1.29, 1.82) is 5.26 Å². The molecule has 0 aliphatic rings. The molecule has 0 atom stereocenters. The summed E-state index contributed by atoms with van der Waals surface area (Å²) in [4.78, 5) is 0. The van der Waals surface area contributed by atoms with Crippen LogP contribution in [0, 0.1) is 11.3 Å². The standard InChI is InChI=1S/C23H47N.C2H3N/c1-3-5-6-7-8-9-10-11-12-13-14-15-16-17-18-19-20-21-23-24-22-4-2;1-2-3/h4,24H,2-3,5-23H2,1H3;1H3. The van der Waals surface area contributed by atoms with Crippen molar-refractivity contribution >= 4 is 0 Å². The molecule has 0 saturated carbocycles. The van der Waals surface area contributed by atoms with Crippen LogP contribution < -0.4 is 5.32 Å². The quantitative estimate of drug-likeness (QED) is 0.161. The summed E-state index contributed by atoms with van der Waals surface area (Å²) in [5, 5.41) is 10.7. The van der Waals surface area contributed by atoms with Gasteiger partial charge in [-0.3, -0.25) is 0 Å². The highest BCUT2D eigenvalue weighted by Crippen LogP contribution is 2.14. The van der Waals surface area contributed by atoms with Gasteiger partial charge in [-0.15, -0.1) is 6.58 Å². The van der Waals surface area contributed by atoms with E-state index in [1.54, 1.807) is 6.07 Å². The normalized spacial score (nSPS) is 10.1. The van der Waals surface area contributed by atoms with Crippen LogP contribution in [0.15, 0.2) is 12.7 Å². The second-order valence-electron chi connectivity index (χ2n) is 7.73. The second kappa shape index (κ2) is 29.9. The van der Waals surface area contributed by atoms with E-state index >= 15 is 0 Å².